The van der Waals surface area contributed by atoms with E-state index in [4.69, 9.17) is 14.2 Å². The summed E-state index contributed by atoms with van der Waals surface area (Å²) in [6, 6.07) is -0.452. The Hall–Kier alpha value is -0.650. The van der Waals surface area contributed by atoms with Crippen LogP contribution >= 0.6 is 0 Å². The van der Waals surface area contributed by atoms with Gasteiger partial charge in [0.1, 0.15) is 12.1 Å². The van der Waals surface area contributed by atoms with Crippen LogP contribution in [0.4, 0.5) is 0 Å². The summed E-state index contributed by atoms with van der Waals surface area (Å²) in [5.41, 5.74) is 0. The lowest BCUT2D eigenvalue weighted by atomic mass is 10.1. The number of rotatable bonds is 5. The highest BCUT2D eigenvalue weighted by Crippen LogP contribution is 2.24. The van der Waals surface area contributed by atoms with Crippen molar-refractivity contribution in [1.29, 1.82) is 0 Å². The summed E-state index contributed by atoms with van der Waals surface area (Å²) in [7, 11) is 1.38. The molecule has 94 valence electrons. The molecule has 1 aliphatic rings. The molecule has 2 atom stereocenters. The average molecular weight is 231 g/mol. The van der Waals surface area contributed by atoms with Gasteiger partial charge in [-0.3, -0.25) is 4.79 Å². The fraction of sp³-hybridized carbons (Fsp3) is 0.909. The Labute approximate surface area is 96.4 Å². The van der Waals surface area contributed by atoms with Gasteiger partial charge in [0.05, 0.1) is 13.7 Å². The monoisotopic (exact) mass is 231 g/mol. The summed E-state index contributed by atoms with van der Waals surface area (Å²) in [6.45, 7) is 6.86. The van der Waals surface area contributed by atoms with Crippen LogP contribution in [-0.4, -0.2) is 44.2 Å². The topological polar surface area (TPSA) is 56.8 Å². The van der Waals surface area contributed by atoms with Gasteiger partial charge in [0.2, 0.25) is 0 Å². The number of ether oxygens (including phenoxy) is 3. The average Bonchev–Trinajstić information content (AvgIpc) is 2.59. The van der Waals surface area contributed by atoms with Gasteiger partial charge in [0.25, 0.3) is 0 Å². The number of hydrogen-bond donors (Lipinski definition) is 1. The van der Waals surface area contributed by atoms with Gasteiger partial charge in [0.15, 0.2) is 5.79 Å². The van der Waals surface area contributed by atoms with E-state index in [1.807, 2.05) is 20.8 Å². The van der Waals surface area contributed by atoms with Gasteiger partial charge >= 0.3 is 5.97 Å². The lowest BCUT2D eigenvalue weighted by Gasteiger charge is -2.23. The quantitative estimate of drug-likeness (QED) is 0.705. The molecule has 0 aromatic rings. The number of nitrogens with one attached hydrogen (secondary N) is 1. The molecule has 1 fully saturated rings. The minimum atomic E-state index is -0.620. The SMILES string of the molecule is CCCN[C@H](C(=O)OC)[C@@H]1COC(C)(C)O1. The first kappa shape index (κ1) is 13.4. The third-order valence-electron chi connectivity index (χ3n) is 2.47. The molecule has 1 rings (SSSR count). The minimum absolute atomic E-state index is 0.283. The fourth-order valence-electron chi connectivity index (χ4n) is 1.67. The van der Waals surface area contributed by atoms with E-state index in [1.54, 1.807) is 0 Å². The van der Waals surface area contributed by atoms with Crippen LogP contribution in [0.3, 0.4) is 0 Å². The molecule has 0 aromatic heterocycles. The van der Waals surface area contributed by atoms with Crippen molar-refractivity contribution in [3.8, 4) is 0 Å². The summed E-state index contributed by atoms with van der Waals surface area (Å²) < 4.78 is 15.8. The van der Waals surface area contributed by atoms with E-state index in [9.17, 15) is 4.79 Å². The number of methoxy groups -OCH3 is 1. The summed E-state index contributed by atoms with van der Waals surface area (Å²) in [6.07, 6.45) is 0.666. The zero-order valence-corrected chi connectivity index (χ0v) is 10.4. The van der Waals surface area contributed by atoms with E-state index in [0.29, 0.717) is 6.61 Å². The van der Waals surface area contributed by atoms with Gasteiger partial charge in [0, 0.05) is 0 Å². The van der Waals surface area contributed by atoms with E-state index in [2.05, 4.69) is 5.32 Å². The predicted octanol–water partition coefficient (Wildman–Crippen LogP) is 0.679. The third kappa shape index (κ3) is 3.43. The first-order chi connectivity index (χ1) is 7.50. The largest absolute Gasteiger partial charge is 0.468 e. The Morgan fingerprint density at radius 1 is 1.62 bits per heavy atom. The highest BCUT2D eigenvalue weighted by Gasteiger charge is 2.40. The van der Waals surface area contributed by atoms with Crippen LogP contribution in [0, 0.1) is 0 Å². The van der Waals surface area contributed by atoms with Crippen molar-refractivity contribution in [3.05, 3.63) is 0 Å². The van der Waals surface area contributed by atoms with Gasteiger partial charge < -0.3 is 19.5 Å². The van der Waals surface area contributed by atoms with Gasteiger partial charge in [-0.1, -0.05) is 6.92 Å². The van der Waals surface area contributed by atoms with Crippen LogP contribution in [0.15, 0.2) is 0 Å². The molecular formula is C11H21NO4. The zero-order valence-electron chi connectivity index (χ0n) is 10.4. The molecule has 5 heteroatoms. The molecule has 0 saturated carbocycles. The number of hydrogen-bond acceptors (Lipinski definition) is 5. The second kappa shape index (κ2) is 5.61. The molecule has 0 aromatic carbocycles. The minimum Gasteiger partial charge on any atom is -0.468 e. The van der Waals surface area contributed by atoms with Crippen molar-refractivity contribution in [2.45, 2.75) is 45.1 Å². The summed E-state index contributed by atoms with van der Waals surface area (Å²) in [5.74, 6) is -0.926. The molecule has 0 amide bonds. The maximum atomic E-state index is 11.6. The molecular weight excluding hydrogens is 210 g/mol. The van der Waals surface area contributed by atoms with E-state index in [-0.39, 0.29) is 12.1 Å². The molecule has 1 heterocycles. The lowest BCUT2D eigenvalue weighted by Crippen LogP contribution is -2.48. The highest BCUT2D eigenvalue weighted by atomic mass is 16.7. The lowest BCUT2D eigenvalue weighted by molar-refractivity contribution is -0.157. The third-order valence-corrected chi connectivity index (χ3v) is 2.47. The van der Waals surface area contributed by atoms with Crippen LogP contribution in [0.1, 0.15) is 27.2 Å². The summed E-state index contributed by atoms with van der Waals surface area (Å²) in [5, 5.41) is 3.12. The van der Waals surface area contributed by atoms with Crippen LogP contribution in [0.5, 0.6) is 0 Å². The van der Waals surface area contributed by atoms with E-state index in [0.717, 1.165) is 13.0 Å². The molecule has 1 N–H and O–H groups in total. The molecule has 0 unspecified atom stereocenters. The maximum Gasteiger partial charge on any atom is 0.325 e. The van der Waals surface area contributed by atoms with Gasteiger partial charge in [-0.15, -0.1) is 0 Å². The van der Waals surface area contributed by atoms with Crippen LogP contribution in [0.25, 0.3) is 0 Å². The van der Waals surface area contributed by atoms with E-state index < -0.39 is 11.8 Å². The molecule has 16 heavy (non-hydrogen) atoms. The predicted molar refractivity (Wildman–Crippen MR) is 59.0 cm³/mol. The Bertz CT molecular complexity index is 242. The van der Waals surface area contributed by atoms with Crippen LogP contribution in [0.2, 0.25) is 0 Å². The zero-order chi connectivity index (χ0) is 12.2. The first-order valence-corrected chi connectivity index (χ1v) is 5.63. The van der Waals surface area contributed by atoms with Crippen molar-refractivity contribution in [1.82, 2.24) is 5.32 Å². The molecule has 5 nitrogen and oxygen atoms in total. The number of esters is 1. The maximum absolute atomic E-state index is 11.6. The first-order valence-electron chi connectivity index (χ1n) is 5.63. The van der Waals surface area contributed by atoms with Crippen molar-refractivity contribution in [2.24, 2.45) is 0 Å². The molecule has 0 radical (unpaired) electrons. The van der Waals surface area contributed by atoms with Gasteiger partial charge in [-0.25, -0.2) is 0 Å². The van der Waals surface area contributed by atoms with Crippen molar-refractivity contribution in [2.75, 3.05) is 20.3 Å². The van der Waals surface area contributed by atoms with Gasteiger partial charge in [-0.05, 0) is 26.8 Å². The van der Waals surface area contributed by atoms with Crippen LogP contribution < -0.4 is 5.32 Å². The Balaban J connectivity index is 2.59. The number of carbonyl (C=O) groups excluding carboxylic acids is 1. The molecule has 1 aliphatic heterocycles. The number of carbonyl (C=O) groups is 1. The Morgan fingerprint density at radius 2 is 2.31 bits per heavy atom. The molecule has 0 aliphatic carbocycles. The summed E-state index contributed by atoms with van der Waals surface area (Å²) >= 11 is 0. The second-order valence-electron chi connectivity index (χ2n) is 4.32. The van der Waals surface area contributed by atoms with E-state index in [1.165, 1.54) is 7.11 Å². The van der Waals surface area contributed by atoms with Crippen molar-refractivity contribution < 1.29 is 19.0 Å². The molecule has 1 saturated heterocycles. The van der Waals surface area contributed by atoms with E-state index >= 15 is 0 Å². The standard InChI is InChI=1S/C11H21NO4/c1-5-6-12-9(10(13)14-4)8-7-15-11(2,3)16-8/h8-9,12H,5-7H2,1-4H3/t8-,9-/m0/s1. The smallest absolute Gasteiger partial charge is 0.325 e. The Kier molecular flexibility index (Phi) is 4.70. The fourth-order valence-corrected chi connectivity index (χ4v) is 1.67. The molecule has 0 spiro atoms. The van der Waals surface area contributed by atoms with Crippen LogP contribution in [-0.2, 0) is 19.0 Å². The second-order valence-corrected chi connectivity index (χ2v) is 4.32. The van der Waals surface area contributed by atoms with Crippen molar-refractivity contribution >= 4 is 5.97 Å². The normalized spacial score (nSPS) is 25.4. The summed E-state index contributed by atoms with van der Waals surface area (Å²) in [4.78, 5) is 11.6. The Morgan fingerprint density at radius 3 is 2.75 bits per heavy atom. The highest BCUT2D eigenvalue weighted by molar-refractivity contribution is 5.76. The molecule has 0 bridgehead atoms. The van der Waals surface area contributed by atoms with Gasteiger partial charge in [-0.2, -0.15) is 0 Å². The van der Waals surface area contributed by atoms with Crippen molar-refractivity contribution in [3.63, 3.8) is 0 Å².